The van der Waals surface area contributed by atoms with Gasteiger partial charge in [-0.05, 0) is 30.4 Å². The first-order valence-corrected chi connectivity index (χ1v) is 9.21. The van der Waals surface area contributed by atoms with Crippen molar-refractivity contribution in [3.8, 4) is 0 Å². The van der Waals surface area contributed by atoms with Gasteiger partial charge in [0.2, 0.25) is 0 Å². The van der Waals surface area contributed by atoms with Gasteiger partial charge in [-0.25, -0.2) is 8.42 Å². The molecule has 1 aromatic carbocycles. The zero-order valence-corrected chi connectivity index (χ0v) is 13.8. The quantitative estimate of drug-likeness (QED) is 0.906. The van der Waals surface area contributed by atoms with Crippen LogP contribution >= 0.6 is 0 Å². The van der Waals surface area contributed by atoms with E-state index in [1.54, 1.807) is 0 Å². The summed E-state index contributed by atoms with van der Waals surface area (Å²) in [5.74, 6) is 0.433. The summed E-state index contributed by atoms with van der Waals surface area (Å²) < 4.78 is 30.2. The number of nitrogens with two attached hydrogens (primary N) is 1. The van der Waals surface area contributed by atoms with Crippen LogP contribution in [0.1, 0.15) is 50.3 Å². The lowest BCUT2D eigenvalue weighted by Crippen LogP contribution is -2.34. The molecule has 1 fully saturated rings. The van der Waals surface area contributed by atoms with E-state index < -0.39 is 21.1 Å². The van der Waals surface area contributed by atoms with E-state index in [2.05, 4.69) is 13.8 Å². The topological polar surface area (TPSA) is 69.4 Å². The van der Waals surface area contributed by atoms with Crippen molar-refractivity contribution in [3.05, 3.63) is 35.4 Å². The highest BCUT2D eigenvalue weighted by atomic mass is 32.2. The molecule has 1 aromatic rings. The molecule has 0 saturated carbocycles. The molecule has 0 aromatic heterocycles. The summed E-state index contributed by atoms with van der Waals surface area (Å²) in [7, 11) is -3.23. The minimum atomic E-state index is -3.23. The van der Waals surface area contributed by atoms with Gasteiger partial charge in [-0.1, -0.05) is 38.1 Å². The molecule has 0 bridgehead atoms. The molecular weight excluding hydrogens is 286 g/mol. The number of benzene rings is 1. The first kappa shape index (κ1) is 16.5. The molecule has 4 nitrogen and oxygen atoms in total. The van der Waals surface area contributed by atoms with Crippen LogP contribution in [-0.2, 0) is 14.6 Å². The van der Waals surface area contributed by atoms with E-state index >= 15 is 0 Å². The molecule has 1 heterocycles. The van der Waals surface area contributed by atoms with Crippen LogP contribution < -0.4 is 5.73 Å². The Morgan fingerprint density at radius 2 is 1.81 bits per heavy atom. The molecule has 1 aliphatic heterocycles. The SMILES string of the molecule is CC(C)c1ccc(C(N)CS(=O)(=O)C2CCOC2C)cc1. The molecule has 118 valence electrons. The van der Waals surface area contributed by atoms with E-state index in [1.807, 2.05) is 31.2 Å². The van der Waals surface area contributed by atoms with Crippen LogP contribution in [0.3, 0.4) is 0 Å². The summed E-state index contributed by atoms with van der Waals surface area (Å²) >= 11 is 0. The summed E-state index contributed by atoms with van der Waals surface area (Å²) in [5.41, 5.74) is 8.20. The van der Waals surface area contributed by atoms with E-state index in [1.165, 1.54) is 5.56 Å². The minimum Gasteiger partial charge on any atom is -0.377 e. The third kappa shape index (κ3) is 3.84. The van der Waals surface area contributed by atoms with Crippen molar-refractivity contribution in [2.45, 2.75) is 50.5 Å². The second kappa shape index (κ2) is 6.46. The Morgan fingerprint density at radius 3 is 2.29 bits per heavy atom. The van der Waals surface area contributed by atoms with E-state index in [9.17, 15) is 8.42 Å². The number of hydrogen-bond acceptors (Lipinski definition) is 4. The van der Waals surface area contributed by atoms with E-state index in [0.29, 0.717) is 18.9 Å². The molecule has 3 unspecified atom stereocenters. The van der Waals surface area contributed by atoms with Gasteiger partial charge in [-0.3, -0.25) is 0 Å². The van der Waals surface area contributed by atoms with Crippen LogP contribution in [0.2, 0.25) is 0 Å². The Kier molecular flexibility index (Phi) is 5.07. The molecule has 0 amide bonds. The predicted octanol–water partition coefficient (Wildman–Crippen LogP) is 2.40. The third-order valence-corrected chi connectivity index (χ3v) is 6.58. The maximum atomic E-state index is 12.4. The van der Waals surface area contributed by atoms with Crippen molar-refractivity contribution in [3.63, 3.8) is 0 Å². The highest BCUT2D eigenvalue weighted by Gasteiger charge is 2.36. The second-order valence-corrected chi connectivity index (χ2v) is 8.42. The van der Waals surface area contributed by atoms with Crippen LogP contribution in [0.4, 0.5) is 0 Å². The van der Waals surface area contributed by atoms with Gasteiger partial charge in [-0.2, -0.15) is 0 Å². The first-order chi connectivity index (χ1) is 9.81. The summed E-state index contributed by atoms with van der Waals surface area (Å²) in [4.78, 5) is 0. The van der Waals surface area contributed by atoms with Crippen molar-refractivity contribution in [2.75, 3.05) is 12.4 Å². The van der Waals surface area contributed by atoms with Gasteiger partial charge in [0.15, 0.2) is 9.84 Å². The minimum absolute atomic E-state index is 0.0214. The lowest BCUT2D eigenvalue weighted by molar-refractivity contribution is 0.126. The summed E-state index contributed by atoms with van der Waals surface area (Å²) in [5, 5.41) is -0.418. The third-order valence-electron chi connectivity index (χ3n) is 4.21. The van der Waals surface area contributed by atoms with Crippen LogP contribution in [0.15, 0.2) is 24.3 Å². The number of rotatable bonds is 5. The zero-order valence-electron chi connectivity index (χ0n) is 13.0. The predicted molar refractivity (Wildman–Crippen MR) is 85.1 cm³/mol. The Labute approximate surface area is 127 Å². The number of ether oxygens (including phenoxy) is 1. The number of hydrogen-bond donors (Lipinski definition) is 1. The largest absolute Gasteiger partial charge is 0.377 e. The maximum absolute atomic E-state index is 12.4. The van der Waals surface area contributed by atoms with Crippen LogP contribution in [0, 0.1) is 0 Å². The smallest absolute Gasteiger partial charge is 0.157 e. The van der Waals surface area contributed by atoms with Crippen molar-refractivity contribution < 1.29 is 13.2 Å². The lowest BCUT2D eigenvalue weighted by atomic mass is 10.00. The fourth-order valence-corrected chi connectivity index (χ4v) is 4.84. The van der Waals surface area contributed by atoms with Crippen LogP contribution in [0.5, 0.6) is 0 Å². The summed E-state index contributed by atoms with van der Waals surface area (Å²) in [6.45, 7) is 6.59. The van der Waals surface area contributed by atoms with Crippen molar-refractivity contribution in [1.29, 1.82) is 0 Å². The first-order valence-electron chi connectivity index (χ1n) is 7.50. The van der Waals surface area contributed by atoms with Gasteiger partial charge >= 0.3 is 0 Å². The van der Waals surface area contributed by atoms with Crippen molar-refractivity contribution >= 4 is 9.84 Å². The van der Waals surface area contributed by atoms with Crippen molar-refractivity contribution in [2.24, 2.45) is 5.73 Å². The second-order valence-electron chi connectivity index (χ2n) is 6.16. The Bertz CT molecular complexity index is 566. The Morgan fingerprint density at radius 1 is 1.24 bits per heavy atom. The molecule has 2 N–H and O–H groups in total. The highest BCUT2D eigenvalue weighted by molar-refractivity contribution is 7.92. The normalized spacial score (nSPS) is 24.4. The molecule has 1 saturated heterocycles. The van der Waals surface area contributed by atoms with Crippen molar-refractivity contribution in [1.82, 2.24) is 0 Å². The van der Waals surface area contributed by atoms with E-state index in [-0.39, 0.29) is 11.9 Å². The molecule has 1 aliphatic rings. The highest BCUT2D eigenvalue weighted by Crippen LogP contribution is 2.25. The molecule has 0 radical (unpaired) electrons. The fraction of sp³-hybridized carbons (Fsp3) is 0.625. The molecular formula is C16H25NO3S. The Balaban J connectivity index is 2.08. The zero-order chi connectivity index (χ0) is 15.6. The van der Waals surface area contributed by atoms with Gasteiger partial charge < -0.3 is 10.5 Å². The average Bonchev–Trinajstić information content (AvgIpc) is 2.85. The summed E-state index contributed by atoms with van der Waals surface area (Å²) in [6.07, 6.45) is 0.341. The average molecular weight is 311 g/mol. The lowest BCUT2D eigenvalue weighted by Gasteiger charge is -2.19. The molecule has 0 spiro atoms. The standard InChI is InChI=1S/C16H25NO3S/c1-11(2)13-4-6-14(7-5-13)15(17)10-21(18,19)16-8-9-20-12(16)3/h4-7,11-12,15-16H,8-10,17H2,1-3H3. The van der Waals surface area contributed by atoms with Crippen LogP contribution in [-0.4, -0.2) is 32.1 Å². The maximum Gasteiger partial charge on any atom is 0.157 e. The fourth-order valence-electron chi connectivity index (χ4n) is 2.78. The molecule has 0 aliphatic carbocycles. The van der Waals surface area contributed by atoms with Gasteiger partial charge in [0, 0.05) is 12.6 Å². The van der Waals surface area contributed by atoms with Gasteiger partial charge in [-0.15, -0.1) is 0 Å². The van der Waals surface area contributed by atoms with Gasteiger partial charge in [0.05, 0.1) is 17.1 Å². The molecule has 21 heavy (non-hydrogen) atoms. The summed E-state index contributed by atoms with van der Waals surface area (Å²) in [6, 6.07) is 7.43. The van der Waals surface area contributed by atoms with E-state index in [0.717, 1.165) is 5.56 Å². The van der Waals surface area contributed by atoms with Gasteiger partial charge in [0.1, 0.15) is 0 Å². The number of sulfone groups is 1. The molecule has 3 atom stereocenters. The monoisotopic (exact) mass is 311 g/mol. The Hall–Kier alpha value is -0.910. The molecule has 5 heteroatoms. The van der Waals surface area contributed by atoms with E-state index in [4.69, 9.17) is 10.5 Å². The molecule has 2 rings (SSSR count). The van der Waals surface area contributed by atoms with Gasteiger partial charge in [0.25, 0.3) is 0 Å². The van der Waals surface area contributed by atoms with Crippen LogP contribution in [0.25, 0.3) is 0 Å².